The molecular weight excluding hydrogens is 360 g/mol. The van der Waals surface area contributed by atoms with E-state index in [1.165, 1.54) is 11.1 Å². The first-order valence-electron chi connectivity index (χ1n) is 8.80. The Labute approximate surface area is 165 Å². The summed E-state index contributed by atoms with van der Waals surface area (Å²) >= 11 is 6.47. The Kier molecular flexibility index (Phi) is 6.69. The van der Waals surface area contributed by atoms with Gasteiger partial charge in [-0.15, -0.1) is 0 Å². The van der Waals surface area contributed by atoms with Crippen LogP contribution in [0.5, 0.6) is 11.5 Å². The molecule has 3 rings (SSSR count). The summed E-state index contributed by atoms with van der Waals surface area (Å²) in [6, 6.07) is 15.9. The van der Waals surface area contributed by atoms with Crippen LogP contribution < -0.4 is 14.8 Å². The first-order valence-corrected chi connectivity index (χ1v) is 9.18. The average Bonchev–Trinajstić information content (AvgIpc) is 2.69. The number of nitrogens with zero attached hydrogens (tertiary/aromatic N) is 1. The molecule has 0 aliphatic rings. The van der Waals surface area contributed by atoms with Crippen LogP contribution in [-0.4, -0.2) is 12.1 Å². The highest BCUT2D eigenvalue weighted by atomic mass is 35.5. The molecular formula is C22H23ClN2O2. The second-order valence-electron chi connectivity index (χ2n) is 6.27. The van der Waals surface area contributed by atoms with Crippen LogP contribution in [0.3, 0.4) is 0 Å². The van der Waals surface area contributed by atoms with Gasteiger partial charge in [0.1, 0.15) is 6.61 Å². The van der Waals surface area contributed by atoms with E-state index < -0.39 is 0 Å². The largest absolute Gasteiger partial charge is 0.493 e. The summed E-state index contributed by atoms with van der Waals surface area (Å²) in [5.74, 6) is 1.32. The SMILES string of the molecule is COc1cc(CNCc2ccncc2)c(Cl)cc1OCc1ccccc1C. The summed E-state index contributed by atoms with van der Waals surface area (Å²) in [6.45, 7) is 3.92. The van der Waals surface area contributed by atoms with E-state index in [-0.39, 0.29) is 0 Å². The van der Waals surface area contributed by atoms with Gasteiger partial charge in [-0.05, 0) is 47.4 Å². The minimum atomic E-state index is 0.471. The normalized spacial score (nSPS) is 10.6. The standard InChI is InChI=1S/C22H23ClN2O2/c1-16-5-3-4-6-18(16)15-27-22-12-20(23)19(11-21(22)26-2)14-25-13-17-7-9-24-10-8-17/h3-12,25H,13-15H2,1-2H3. The lowest BCUT2D eigenvalue weighted by Crippen LogP contribution is -2.13. The highest BCUT2D eigenvalue weighted by Crippen LogP contribution is 2.34. The van der Waals surface area contributed by atoms with Crippen LogP contribution in [0.25, 0.3) is 0 Å². The zero-order valence-corrected chi connectivity index (χ0v) is 16.3. The minimum absolute atomic E-state index is 0.471. The molecule has 0 saturated heterocycles. The number of hydrogen-bond acceptors (Lipinski definition) is 4. The van der Waals surface area contributed by atoms with Crippen molar-refractivity contribution in [2.45, 2.75) is 26.6 Å². The van der Waals surface area contributed by atoms with Crippen LogP contribution in [0, 0.1) is 6.92 Å². The van der Waals surface area contributed by atoms with Gasteiger partial charge < -0.3 is 14.8 Å². The van der Waals surface area contributed by atoms with Gasteiger partial charge in [0.25, 0.3) is 0 Å². The molecule has 0 aliphatic carbocycles. The molecule has 1 aromatic heterocycles. The number of methoxy groups -OCH3 is 1. The second kappa shape index (κ2) is 9.40. The van der Waals surface area contributed by atoms with Crippen molar-refractivity contribution in [2.24, 2.45) is 0 Å². The number of pyridine rings is 1. The molecule has 1 N–H and O–H groups in total. The van der Waals surface area contributed by atoms with Gasteiger partial charge in [-0.1, -0.05) is 35.9 Å². The van der Waals surface area contributed by atoms with Crippen molar-refractivity contribution in [3.05, 3.63) is 88.2 Å². The fourth-order valence-corrected chi connectivity index (χ4v) is 2.98. The van der Waals surface area contributed by atoms with Crippen molar-refractivity contribution < 1.29 is 9.47 Å². The van der Waals surface area contributed by atoms with Gasteiger partial charge in [-0.2, -0.15) is 0 Å². The third kappa shape index (κ3) is 5.22. The Bertz CT molecular complexity index is 885. The molecule has 3 aromatic rings. The van der Waals surface area contributed by atoms with E-state index in [9.17, 15) is 0 Å². The summed E-state index contributed by atoms with van der Waals surface area (Å²) in [7, 11) is 1.64. The average molecular weight is 383 g/mol. The molecule has 5 heteroatoms. The lowest BCUT2D eigenvalue weighted by atomic mass is 10.1. The van der Waals surface area contributed by atoms with Crippen molar-refractivity contribution in [1.82, 2.24) is 10.3 Å². The Morgan fingerprint density at radius 3 is 2.48 bits per heavy atom. The van der Waals surface area contributed by atoms with E-state index in [2.05, 4.69) is 29.4 Å². The fourth-order valence-electron chi connectivity index (χ4n) is 2.75. The molecule has 0 radical (unpaired) electrons. The van der Waals surface area contributed by atoms with Gasteiger partial charge in [0, 0.05) is 36.6 Å². The number of rotatable bonds is 8. The smallest absolute Gasteiger partial charge is 0.163 e. The van der Waals surface area contributed by atoms with Gasteiger partial charge in [0.05, 0.1) is 7.11 Å². The molecule has 27 heavy (non-hydrogen) atoms. The Morgan fingerprint density at radius 1 is 0.963 bits per heavy atom. The number of aryl methyl sites for hydroxylation is 1. The maximum atomic E-state index is 6.47. The topological polar surface area (TPSA) is 43.4 Å². The predicted octanol–water partition coefficient (Wildman–Crippen LogP) is 4.92. The summed E-state index contributed by atoms with van der Waals surface area (Å²) in [4.78, 5) is 4.02. The highest BCUT2D eigenvalue weighted by molar-refractivity contribution is 6.31. The molecule has 0 unspecified atom stereocenters. The van der Waals surface area contributed by atoms with Crippen LogP contribution >= 0.6 is 11.6 Å². The van der Waals surface area contributed by atoms with Crippen LogP contribution in [-0.2, 0) is 19.7 Å². The Balaban J connectivity index is 1.66. The van der Waals surface area contributed by atoms with E-state index in [1.54, 1.807) is 19.5 Å². The van der Waals surface area contributed by atoms with Crippen molar-refractivity contribution in [3.8, 4) is 11.5 Å². The first-order chi connectivity index (χ1) is 13.2. The Morgan fingerprint density at radius 2 is 1.74 bits per heavy atom. The third-order valence-electron chi connectivity index (χ3n) is 4.37. The number of nitrogens with one attached hydrogen (secondary N) is 1. The van der Waals surface area contributed by atoms with E-state index >= 15 is 0 Å². The lowest BCUT2D eigenvalue weighted by Gasteiger charge is -2.15. The molecule has 0 bridgehead atoms. The quantitative estimate of drug-likeness (QED) is 0.600. The van der Waals surface area contributed by atoms with Crippen LogP contribution in [0.1, 0.15) is 22.3 Å². The molecule has 0 fully saturated rings. The van der Waals surface area contributed by atoms with Crippen molar-refractivity contribution in [3.63, 3.8) is 0 Å². The van der Waals surface area contributed by atoms with Crippen LogP contribution in [0.4, 0.5) is 0 Å². The monoisotopic (exact) mass is 382 g/mol. The van der Waals surface area contributed by atoms with E-state index in [4.69, 9.17) is 21.1 Å². The van der Waals surface area contributed by atoms with E-state index in [0.29, 0.717) is 29.7 Å². The summed E-state index contributed by atoms with van der Waals surface area (Å²) < 4.78 is 11.5. The predicted molar refractivity (Wildman–Crippen MR) is 108 cm³/mol. The molecule has 0 saturated carbocycles. The molecule has 0 spiro atoms. The summed E-state index contributed by atoms with van der Waals surface area (Å²) in [5, 5.41) is 4.04. The van der Waals surface area contributed by atoms with Gasteiger partial charge in [0.2, 0.25) is 0 Å². The molecule has 0 amide bonds. The minimum Gasteiger partial charge on any atom is -0.493 e. The zero-order valence-electron chi connectivity index (χ0n) is 15.5. The number of aromatic nitrogens is 1. The van der Waals surface area contributed by atoms with Crippen LogP contribution in [0.2, 0.25) is 5.02 Å². The summed E-state index contributed by atoms with van der Waals surface area (Å²) in [5.41, 5.74) is 4.47. The zero-order chi connectivity index (χ0) is 19.1. The van der Waals surface area contributed by atoms with Crippen molar-refractivity contribution >= 4 is 11.6 Å². The van der Waals surface area contributed by atoms with E-state index in [0.717, 1.165) is 17.7 Å². The van der Waals surface area contributed by atoms with Crippen LogP contribution in [0.15, 0.2) is 60.9 Å². The molecule has 0 aliphatic heterocycles. The van der Waals surface area contributed by atoms with Crippen molar-refractivity contribution in [1.29, 1.82) is 0 Å². The summed E-state index contributed by atoms with van der Waals surface area (Å²) in [6.07, 6.45) is 3.57. The molecule has 0 atom stereocenters. The van der Waals surface area contributed by atoms with E-state index in [1.807, 2.05) is 36.4 Å². The van der Waals surface area contributed by atoms with Gasteiger partial charge >= 0.3 is 0 Å². The van der Waals surface area contributed by atoms with Crippen molar-refractivity contribution in [2.75, 3.05) is 7.11 Å². The lowest BCUT2D eigenvalue weighted by molar-refractivity contribution is 0.283. The molecule has 140 valence electrons. The molecule has 1 heterocycles. The number of benzene rings is 2. The van der Waals surface area contributed by atoms with Gasteiger partial charge in [-0.3, -0.25) is 4.98 Å². The van der Waals surface area contributed by atoms with Gasteiger partial charge in [0.15, 0.2) is 11.5 Å². The second-order valence-corrected chi connectivity index (χ2v) is 6.68. The third-order valence-corrected chi connectivity index (χ3v) is 4.72. The highest BCUT2D eigenvalue weighted by Gasteiger charge is 2.11. The fraction of sp³-hybridized carbons (Fsp3) is 0.227. The Hall–Kier alpha value is -2.56. The molecule has 2 aromatic carbocycles. The maximum Gasteiger partial charge on any atom is 0.163 e. The number of ether oxygens (including phenoxy) is 2. The first kappa shape index (κ1) is 19.2. The van der Waals surface area contributed by atoms with Gasteiger partial charge in [-0.25, -0.2) is 0 Å². The maximum absolute atomic E-state index is 6.47. The number of halogens is 1. The number of hydrogen-bond donors (Lipinski definition) is 1. The molecule has 4 nitrogen and oxygen atoms in total.